The fraction of sp³-hybridized carbons (Fsp3) is 0.438. The highest BCUT2D eigenvalue weighted by molar-refractivity contribution is 6.93. The molecule has 1 aromatic carbocycles. The average molecular weight is 417 g/mol. The minimum Gasteiger partial charge on any atom is -0.313 e. The Bertz CT molecular complexity index is 704. The summed E-state index contributed by atoms with van der Waals surface area (Å²) in [5, 5.41) is 0.851. The van der Waals surface area contributed by atoms with Gasteiger partial charge in [-0.15, -0.1) is 6.58 Å². The topological polar surface area (TPSA) is 29.5 Å². The number of hydrogen-bond acceptors (Lipinski definition) is 2. The molecule has 11 heteroatoms. The minimum absolute atomic E-state index is 0.245. The van der Waals surface area contributed by atoms with Gasteiger partial charge < -0.3 is 9.64 Å². The van der Waals surface area contributed by atoms with Crippen molar-refractivity contribution in [2.75, 3.05) is 18.6 Å². The number of nitrogens with zero attached hydrogens (tertiary/aromatic N) is 1. The highest BCUT2D eigenvalue weighted by atomic mass is 28.3. The summed E-state index contributed by atoms with van der Waals surface area (Å²) >= 11 is 0. The lowest BCUT2D eigenvalue weighted by molar-refractivity contribution is -0.421. The van der Waals surface area contributed by atoms with Crippen LogP contribution in [-0.2, 0) is 9.53 Å². The maximum absolute atomic E-state index is 13.1. The Labute approximate surface area is 152 Å². The Morgan fingerprint density at radius 1 is 1.19 bits per heavy atom. The van der Waals surface area contributed by atoms with Gasteiger partial charge in [0.15, 0.2) is 0 Å². The summed E-state index contributed by atoms with van der Waals surface area (Å²) in [4.78, 5) is 12.8. The van der Waals surface area contributed by atoms with Crippen LogP contribution < -0.4 is 10.1 Å². The quantitative estimate of drug-likeness (QED) is 0.494. The van der Waals surface area contributed by atoms with Crippen LogP contribution in [0.2, 0.25) is 13.1 Å². The largest absolute Gasteiger partial charge is 0.462 e. The van der Waals surface area contributed by atoms with Gasteiger partial charge in [0.2, 0.25) is 0 Å². The highest BCUT2D eigenvalue weighted by Crippen LogP contribution is 2.46. The minimum atomic E-state index is -6.53. The van der Waals surface area contributed by atoms with Gasteiger partial charge in [0.1, 0.15) is 14.7 Å². The van der Waals surface area contributed by atoms with Crippen molar-refractivity contribution in [2.24, 2.45) is 0 Å². The molecule has 1 rings (SSSR count). The van der Waals surface area contributed by atoms with Crippen molar-refractivity contribution in [1.82, 2.24) is 0 Å². The molecule has 0 saturated carbocycles. The molecule has 0 aliphatic rings. The lowest BCUT2D eigenvalue weighted by atomic mass is 10.3. The molecule has 1 amide bonds. The number of anilines is 1. The van der Waals surface area contributed by atoms with E-state index in [2.05, 4.69) is 11.3 Å². The summed E-state index contributed by atoms with van der Waals surface area (Å²) < 4.78 is 91.3. The van der Waals surface area contributed by atoms with Gasteiger partial charge in [-0.25, -0.2) is 0 Å². The molecule has 0 fully saturated rings. The average Bonchev–Trinajstić information content (AvgIpc) is 2.58. The molecule has 0 aliphatic heterocycles. The molecule has 0 radical (unpaired) electrons. The van der Waals surface area contributed by atoms with Crippen LogP contribution in [0.15, 0.2) is 36.5 Å². The van der Waals surface area contributed by atoms with E-state index in [1.165, 1.54) is 6.07 Å². The van der Waals surface area contributed by atoms with Gasteiger partial charge in [0.05, 0.1) is 0 Å². The third-order valence-corrected chi connectivity index (χ3v) is 6.78. The lowest BCUT2D eigenvalue weighted by Crippen LogP contribution is -2.54. The first-order chi connectivity index (χ1) is 12.1. The summed E-state index contributed by atoms with van der Waals surface area (Å²) in [5.74, 6) is -7.65. The number of rotatable bonds is 7. The molecule has 0 atom stereocenters. The molecule has 0 spiro atoms. The molecule has 27 heavy (non-hydrogen) atoms. The third-order valence-electron chi connectivity index (χ3n) is 3.96. The number of ether oxygens (including phenoxy) is 1. The summed E-state index contributed by atoms with van der Waals surface area (Å²) in [5.41, 5.74) is 2.02. The van der Waals surface area contributed by atoms with E-state index in [0.717, 1.165) is 17.1 Å². The second kappa shape index (κ2) is 7.62. The third kappa shape index (κ3) is 4.89. The molecule has 0 aromatic heterocycles. The maximum atomic E-state index is 13.1. The van der Waals surface area contributed by atoms with Crippen LogP contribution in [-0.4, -0.2) is 45.8 Å². The van der Waals surface area contributed by atoms with Gasteiger partial charge >= 0.3 is 18.2 Å². The van der Waals surface area contributed by atoms with Crippen molar-refractivity contribution in [3.63, 3.8) is 0 Å². The number of hydrogen-bond donors (Lipinski definition) is 0. The molecular weight excluding hydrogens is 399 g/mol. The lowest BCUT2D eigenvalue weighted by Gasteiger charge is -2.28. The van der Waals surface area contributed by atoms with Crippen LogP contribution in [0, 0.1) is 0 Å². The Morgan fingerprint density at radius 3 is 2.22 bits per heavy atom. The fourth-order valence-corrected chi connectivity index (χ4v) is 3.16. The van der Waals surface area contributed by atoms with E-state index in [-0.39, 0.29) is 5.69 Å². The number of carbonyl (C=O) groups is 1. The number of amides is 1. The highest BCUT2D eigenvalue weighted by Gasteiger charge is 2.74. The number of halogens is 7. The van der Waals surface area contributed by atoms with Crippen LogP contribution in [0.1, 0.15) is 0 Å². The second-order valence-corrected chi connectivity index (χ2v) is 10.7. The zero-order valence-electron chi connectivity index (χ0n) is 14.7. The fourth-order valence-electron chi connectivity index (χ4n) is 1.88. The van der Waals surface area contributed by atoms with E-state index < -0.39 is 38.8 Å². The van der Waals surface area contributed by atoms with Crippen LogP contribution in [0.5, 0.6) is 0 Å². The Morgan fingerprint density at radius 2 is 1.74 bits per heavy atom. The first-order valence-corrected chi connectivity index (χ1v) is 10.6. The van der Waals surface area contributed by atoms with Gasteiger partial charge in [0.25, 0.3) is 5.91 Å². The molecule has 0 bridgehead atoms. The van der Waals surface area contributed by atoms with E-state index in [1.807, 2.05) is 13.1 Å². The predicted molar refractivity (Wildman–Crippen MR) is 89.1 cm³/mol. The summed E-state index contributed by atoms with van der Waals surface area (Å²) in [6, 6.07) is 6.43. The molecule has 0 N–H and O–H groups in total. The molecule has 0 saturated heterocycles. The summed E-state index contributed by atoms with van der Waals surface area (Å²) in [6.45, 7) is 5.99. The SMILES string of the molecule is C=C[Si](C)(C)c1cccc(N(C)C(=O)COC(F)(F)C(F)(F)C(F)(F)F)c1. The molecule has 152 valence electrons. The smallest absolute Gasteiger partial charge is 0.313 e. The summed E-state index contributed by atoms with van der Waals surface area (Å²) in [7, 11) is -0.849. The van der Waals surface area contributed by atoms with Crippen LogP contribution >= 0.6 is 0 Å². The van der Waals surface area contributed by atoms with E-state index in [4.69, 9.17) is 0 Å². The molecule has 3 nitrogen and oxygen atoms in total. The van der Waals surface area contributed by atoms with Crippen molar-refractivity contribution in [3.8, 4) is 0 Å². The van der Waals surface area contributed by atoms with Gasteiger partial charge in [-0.3, -0.25) is 4.79 Å². The molecular formula is C16H18F7NO2Si. The van der Waals surface area contributed by atoms with Crippen LogP contribution in [0.3, 0.4) is 0 Å². The molecule has 1 aromatic rings. The predicted octanol–water partition coefficient (Wildman–Crippen LogP) is 4.10. The van der Waals surface area contributed by atoms with Crippen molar-refractivity contribution >= 4 is 24.9 Å². The normalized spacial score (nSPS) is 13.4. The van der Waals surface area contributed by atoms with E-state index >= 15 is 0 Å². The number of benzene rings is 1. The zero-order chi connectivity index (χ0) is 21.3. The molecule has 0 unspecified atom stereocenters. The zero-order valence-corrected chi connectivity index (χ0v) is 15.7. The molecule has 0 heterocycles. The van der Waals surface area contributed by atoms with Gasteiger partial charge in [-0.05, 0) is 12.1 Å². The van der Waals surface area contributed by atoms with Crippen molar-refractivity contribution in [2.45, 2.75) is 31.3 Å². The Balaban J connectivity index is 2.93. The summed E-state index contributed by atoms with van der Waals surface area (Å²) in [6.07, 6.45) is -12.4. The van der Waals surface area contributed by atoms with Gasteiger partial charge in [-0.1, -0.05) is 36.1 Å². The Kier molecular flexibility index (Phi) is 6.54. The van der Waals surface area contributed by atoms with Crippen LogP contribution in [0.25, 0.3) is 0 Å². The van der Waals surface area contributed by atoms with Crippen molar-refractivity contribution in [1.29, 1.82) is 0 Å². The van der Waals surface area contributed by atoms with Gasteiger partial charge in [0, 0.05) is 12.7 Å². The van der Waals surface area contributed by atoms with Crippen molar-refractivity contribution in [3.05, 3.63) is 36.5 Å². The first kappa shape index (κ1) is 23.2. The standard InChI is InChI=1S/C16H18F7NO2Si/c1-5-27(3,4)12-8-6-7-11(9-12)24(2)13(25)10-26-16(22,23)14(17,18)15(19,20)21/h5-9H,1,10H2,2-4H3. The number of carbonyl (C=O) groups excluding carboxylic acids is 1. The maximum Gasteiger partial charge on any atom is 0.462 e. The Hall–Kier alpha value is -1.88. The van der Waals surface area contributed by atoms with Crippen molar-refractivity contribution < 1.29 is 40.3 Å². The van der Waals surface area contributed by atoms with Gasteiger partial charge in [-0.2, -0.15) is 30.7 Å². The second-order valence-electron chi connectivity index (χ2n) is 6.31. The van der Waals surface area contributed by atoms with Crippen LogP contribution in [0.4, 0.5) is 36.4 Å². The first-order valence-electron chi connectivity index (χ1n) is 7.54. The van der Waals surface area contributed by atoms with E-state index in [0.29, 0.717) is 0 Å². The number of likely N-dealkylation sites (N-methyl/N-ethyl adjacent to an activating group) is 1. The van der Waals surface area contributed by atoms with E-state index in [1.54, 1.807) is 23.9 Å². The van der Waals surface area contributed by atoms with E-state index in [9.17, 15) is 35.5 Å². The monoisotopic (exact) mass is 417 g/mol. The molecule has 0 aliphatic carbocycles. The number of alkyl halides is 7.